The molecule has 0 bridgehead atoms. The number of amides is 1. The van der Waals surface area contributed by atoms with Crippen molar-refractivity contribution in [3.63, 3.8) is 0 Å². The van der Waals surface area contributed by atoms with Gasteiger partial charge in [0.1, 0.15) is 0 Å². The second-order valence-corrected chi connectivity index (χ2v) is 7.20. The van der Waals surface area contributed by atoms with Crippen molar-refractivity contribution in [3.8, 4) is 0 Å². The van der Waals surface area contributed by atoms with E-state index in [-0.39, 0.29) is 12.3 Å². The molecule has 0 saturated carbocycles. The fraction of sp³-hybridized carbons (Fsp3) is 0.500. The highest BCUT2D eigenvalue weighted by Gasteiger charge is 2.52. The van der Waals surface area contributed by atoms with E-state index in [1.165, 1.54) is 19.3 Å². The van der Waals surface area contributed by atoms with Crippen molar-refractivity contribution >= 4 is 17.7 Å². The van der Waals surface area contributed by atoms with Gasteiger partial charge in [0.2, 0.25) is 0 Å². The monoisotopic (exact) mass is 407 g/mol. The summed E-state index contributed by atoms with van der Waals surface area (Å²) in [5.41, 5.74) is 1.20. The van der Waals surface area contributed by atoms with Crippen LogP contribution in [-0.4, -0.2) is 48.2 Å². The topological polar surface area (TPSA) is 63.7 Å². The third kappa shape index (κ3) is 6.21. The molecule has 1 aromatic carbocycles. The van der Waals surface area contributed by atoms with E-state index in [9.17, 15) is 23.2 Å². The molecule has 7 heteroatoms. The molecular weight excluding hydrogens is 380 g/mol. The van der Waals surface area contributed by atoms with Crippen molar-refractivity contribution in [1.82, 2.24) is 4.90 Å². The quantitative estimate of drug-likeness (QED) is 0.335. The SMILES string of the molecule is CCCCCC(=O)/C=C/[C@H]1CC(F)(F)C(=O)N1CCc1ccc(C(=O)OC)cc1. The molecule has 1 saturated heterocycles. The second kappa shape index (κ2) is 10.3. The highest BCUT2D eigenvalue weighted by Crippen LogP contribution is 2.34. The molecular formula is C22H27F2NO4. The molecule has 1 aliphatic heterocycles. The van der Waals surface area contributed by atoms with Crippen molar-refractivity contribution in [1.29, 1.82) is 0 Å². The number of carbonyl (C=O) groups excluding carboxylic acids is 3. The largest absolute Gasteiger partial charge is 0.465 e. The highest BCUT2D eigenvalue weighted by atomic mass is 19.3. The van der Waals surface area contributed by atoms with Crippen LogP contribution in [0.25, 0.3) is 0 Å². The van der Waals surface area contributed by atoms with Crippen molar-refractivity contribution < 1.29 is 27.9 Å². The first-order valence-corrected chi connectivity index (χ1v) is 9.85. The van der Waals surface area contributed by atoms with E-state index in [4.69, 9.17) is 0 Å². The van der Waals surface area contributed by atoms with E-state index in [0.717, 1.165) is 29.7 Å². The van der Waals surface area contributed by atoms with Crippen LogP contribution in [-0.2, 0) is 20.7 Å². The molecule has 0 spiro atoms. The predicted molar refractivity (Wildman–Crippen MR) is 105 cm³/mol. The first-order chi connectivity index (χ1) is 13.8. The molecule has 1 aromatic rings. The summed E-state index contributed by atoms with van der Waals surface area (Å²) in [6.07, 6.45) is 5.58. The van der Waals surface area contributed by atoms with Crippen molar-refractivity contribution in [2.24, 2.45) is 0 Å². The van der Waals surface area contributed by atoms with Gasteiger partial charge in [-0.2, -0.15) is 8.78 Å². The summed E-state index contributed by atoms with van der Waals surface area (Å²) >= 11 is 0. The molecule has 0 aromatic heterocycles. The fourth-order valence-electron chi connectivity index (χ4n) is 3.29. The Labute approximate surface area is 169 Å². The molecule has 1 aliphatic rings. The number of hydrogen-bond donors (Lipinski definition) is 0. The van der Waals surface area contributed by atoms with Crippen LogP contribution < -0.4 is 0 Å². The Hall–Kier alpha value is -2.57. The molecule has 0 radical (unpaired) electrons. The van der Waals surface area contributed by atoms with Gasteiger partial charge in [0, 0.05) is 19.4 Å². The summed E-state index contributed by atoms with van der Waals surface area (Å²) in [5, 5.41) is 0. The number of likely N-dealkylation sites (tertiary alicyclic amines) is 1. The maximum atomic E-state index is 14.0. The molecule has 1 atom stereocenters. The number of unbranched alkanes of at least 4 members (excludes halogenated alkanes) is 2. The summed E-state index contributed by atoms with van der Waals surface area (Å²) < 4.78 is 32.5. The van der Waals surface area contributed by atoms with Gasteiger partial charge in [-0.05, 0) is 36.6 Å². The minimum atomic E-state index is -3.42. The van der Waals surface area contributed by atoms with Gasteiger partial charge in [0.25, 0.3) is 5.91 Å². The van der Waals surface area contributed by atoms with Crippen LogP contribution in [0.1, 0.15) is 54.9 Å². The molecule has 2 rings (SSSR count). The predicted octanol–water partition coefficient (Wildman–Crippen LogP) is 3.96. The first-order valence-electron chi connectivity index (χ1n) is 9.85. The molecule has 1 amide bonds. The lowest BCUT2D eigenvalue weighted by atomic mass is 10.1. The van der Waals surface area contributed by atoms with E-state index in [1.807, 2.05) is 6.92 Å². The number of esters is 1. The molecule has 29 heavy (non-hydrogen) atoms. The van der Waals surface area contributed by atoms with Crippen LogP contribution >= 0.6 is 0 Å². The van der Waals surface area contributed by atoms with Gasteiger partial charge >= 0.3 is 11.9 Å². The van der Waals surface area contributed by atoms with E-state index in [0.29, 0.717) is 18.4 Å². The number of ketones is 1. The van der Waals surface area contributed by atoms with Crippen molar-refractivity contribution in [2.45, 2.75) is 57.4 Å². The number of rotatable bonds is 10. The summed E-state index contributed by atoms with van der Waals surface area (Å²) in [5.74, 6) is -5.20. The molecule has 5 nitrogen and oxygen atoms in total. The van der Waals surface area contributed by atoms with Gasteiger partial charge in [-0.3, -0.25) is 9.59 Å². The molecule has 0 N–H and O–H groups in total. The summed E-state index contributed by atoms with van der Waals surface area (Å²) in [7, 11) is 1.29. The maximum Gasteiger partial charge on any atom is 0.337 e. The lowest BCUT2D eigenvalue weighted by Crippen LogP contribution is -2.37. The van der Waals surface area contributed by atoms with E-state index >= 15 is 0 Å². The van der Waals surface area contributed by atoms with E-state index in [2.05, 4.69) is 4.74 Å². The minimum Gasteiger partial charge on any atom is -0.465 e. The Morgan fingerprint density at radius 1 is 1.24 bits per heavy atom. The van der Waals surface area contributed by atoms with Crippen LogP contribution in [0.2, 0.25) is 0 Å². The Kier molecular flexibility index (Phi) is 8.05. The van der Waals surface area contributed by atoms with Crippen LogP contribution in [0, 0.1) is 0 Å². The highest BCUT2D eigenvalue weighted by molar-refractivity contribution is 5.91. The van der Waals surface area contributed by atoms with Crippen LogP contribution in [0.4, 0.5) is 8.78 Å². The summed E-state index contributed by atoms with van der Waals surface area (Å²) in [4.78, 5) is 36.6. The molecule has 0 unspecified atom stereocenters. The molecule has 0 aliphatic carbocycles. The smallest absolute Gasteiger partial charge is 0.337 e. The standard InChI is InChI=1S/C22H27F2NO4/c1-3-4-5-6-19(26)12-11-18-15-22(23,24)21(28)25(18)14-13-16-7-9-17(10-8-16)20(27)29-2/h7-12,18H,3-6,13-15H2,1-2H3/b12-11+/t18-/m0/s1. The van der Waals surface area contributed by atoms with Gasteiger partial charge in [-0.25, -0.2) is 4.79 Å². The van der Waals surface area contributed by atoms with Crippen LogP contribution in [0.3, 0.4) is 0 Å². The van der Waals surface area contributed by atoms with Gasteiger partial charge in [0.15, 0.2) is 5.78 Å². The van der Waals surface area contributed by atoms with E-state index in [1.54, 1.807) is 24.3 Å². The zero-order valence-corrected chi connectivity index (χ0v) is 16.8. The van der Waals surface area contributed by atoms with Gasteiger partial charge in [0.05, 0.1) is 18.7 Å². The third-order valence-corrected chi connectivity index (χ3v) is 4.99. The van der Waals surface area contributed by atoms with Gasteiger partial charge in [-0.1, -0.05) is 38.0 Å². The summed E-state index contributed by atoms with van der Waals surface area (Å²) in [6.45, 7) is 2.14. The van der Waals surface area contributed by atoms with E-state index < -0.39 is 30.3 Å². The van der Waals surface area contributed by atoms with Gasteiger partial charge in [-0.15, -0.1) is 0 Å². The number of nitrogens with zero attached hydrogens (tertiary/aromatic N) is 1. The molecule has 1 heterocycles. The molecule has 158 valence electrons. The Morgan fingerprint density at radius 3 is 2.55 bits per heavy atom. The normalized spacial score (nSPS) is 18.4. The minimum absolute atomic E-state index is 0.102. The summed E-state index contributed by atoms with van der Waals surface area (Å²) in [6, 6.07) is 5.78. The average Bonchev–Trinajstić information content (AvgIpc) is 2.93. The lowest BCUT2D eigenvalue weighted by molar-refractivity contribution is -0.148. The number of benzene rings is 1. The third-order valence-electron chi connectivity index (χ3n) is 4.99. The molecule has 1 fully saturated rings. The number of allylic oxidation sites excluding steroid dienone is 1. The van der Waals surface area contributed by atoms with Crippen LogP contribution in [0.5, 0.6) is 0 Å². The zero-order chi connectivity index (χ0) is 21.4. The Morgan fingerprint density at radius 2 is 1.93 bits per heavy atom. The van der Waals surface area contributed by atoms with Crippen LogP contribution in [0.15, 0.2) is 36.4 Å². The average molecular weight is 407 g/mol. The Balaban J connectivity index is 2.00. The number of methoxy groups -OCH3 is 1. The fourth-order valence-corrected chi connectivity index (χ4v) is 3.29. The number of alkyl halides is 2. The Bertz CT molecular complexity index is 759. The van der Waals surface area contributed by atoms with Crippen molar-refractivity contribution in [2.75, 3.05) is 13.7 Å². The zero-order valence-electron chi connectivity index (χ0n) is 16.8. The maximum absolute atomic E-state index is 14.0. The number of hydrogen-bond acceptors (Lipinski definition) is 4. The number of halogens is 2. The van der Waals surface area contributed by atoms with Crippen molar-refractivity contribution in [3.05, 3.63) is 47.5 Å². The lowest BCUT2D eigenvalue weighted by Gasteiger charge is -2.21. The second-order valence-electron chi connectivity index (χ2n) is 7.20. The number of ether oxygens (including phenoxy) is 1. The first kappa shape index (κ1) is 22.7. The van der Waals surface area contributed by atoms with Gasteiger partial charge < -0.3 is 9.64 Å². The number of carbonyl (C=O) groups is 3.